The van der Waals surface area contributed by atoms with Crippen molar-refractivity contribution < 1.29 is 4.74 Å². The molecule has 0 aromatic rings. The Bertz CT molecular complexity index is 258. The van der Waals surface area contributed by atoms with Crippen molar-refractivity contribution >= 4 is 29.9 Å². The van der Waals surface area contributed by atoms with Crippen molar-refractivity contribution in [3.05, 3.63) is 0 Å². The number of likely N-dealkylation sites (tertiary alicyclic amines) is 1. The normalized spacial score (nSPS) is 17.6. The summed E-state index contributed by atoms with van der Waals surface area (Å²) in [6.07, 6.45) is 4.88. The summed E-state index contributed by atoms with van der Waals surface area (Å²) in [5, 5.41) is 6.75. The highest BCUT2D eigenvalue weighted by atomic mass is 127. The van der Waals surface area contributed by atoms with Crippen LogP contribution in [0.1, 0.15) is 32.6 Å². The zero-order chi connectivity index (χ0) is 13.9. The van der Waals surface area contributed by atoms with Crippen LogP contribution in [0.25, 0.3) is 0 Å². The van der Waals surface area contributed by atoms with E-state index in [-0.39, 0.29) is 24.0 Å². The smallest absolute Gasteiger partial charge is 0.191 e. The molecule has 5 nitrogen and oxygen atoms in total. The SMILES string of the molecule is CCC(CNC(=NC)NCCCOC)N1CCCC1.I. The molecule has 20 heavy (non-hydrogen) atoms. The highest BCUT2D eigenvalue weighted by molar-refractivity contribution is 14.0. The molecule has 0 bridgehead atoms. The van der Waals surface area contributed by atoms with Crippen molar-refractivity contribution in [3.8, 4) is 0 Å². The van der Waals surface area contributed by atoms with Crippen LogP contribution in [0.5, 0.6) is 0 Å². The molecule has 1 saturated heterocycles. The highest BCUT2D eigenvalue weighted by Crippen LogP contribution is 2.13. The van der Waals surface area contributed by atoms with Crippen LogP contribution in [0, 0.1) is 0 Å². The molecule has 6 heteroatoms. The third-order valence-corrected chi connectivity index (χ3v) is 3.67. The number of nitrogens with one attached hydrogen (secondary N) is 2. The lowest BCUT2D eigenvalue weighted by atomic mass is 10.2. The van der Waals surface area contributed by atoms with Gasteiger partial charge in [-0.05, 0) is 38.8 Å². The van der Waals surface area contributed by atoms with Crippen LogP contribution in [0.15, 0.2) is 4.99 Å². The Morgan fingerprint density at radius 2 is 2.00 bits per heavy atom. The quantitative estimate of drug-likeness (QED) is 0.283. The largest absolute Gasteiger partial charge is 0.385 e. The first-order valence-electron chi connectivity index (χ1n) is 7.49. The topological polar surface area (TPSA) is 48.9 Å². The molecule has 0 spiro atoms. The summed E-state index contributed by atoms with van der Waals surface area (Å²) in [7, 11) is 3.55. The summed E-state index contributed by atoms with van der Waals surface area (Å²) in [4.78, 5) is 6.84. The van der Waals surface area contributed by atoms with Gasteiger partial charge in [0.2, 0.25) is 0 Å². The van der Waals surface area contributed by atoms with Crippen LogP contribution in [0.2, 0.25) is 0 Å². The fourth-order valence-electron chi connectivity index (χ4n) is 2.50. The first kappa shape index (κ1) is 19.9. The first-order valence-corrected chi connectivity index (χ1v) is 7.49. The van der Waals surface area contributed by atoms with Gasteiger partial charge in [-0.3, -0.25) is 9.89 Å². The molecule has 1 atom stereocenters. The van der Waals surface area contributed by atoms with E-state index in [9.17, 15) is 0 Å². The van der Waals surface area contributed by atoms with Gasteiger partial charge in [-0.15, -0.1) is 24.0 Å². The van der Waals surface area contributed by atoms with E-state index in [0.717, 1.165) is 32.1 Å². The second kappa shape index (κ2) is 12.6. The zero-order valence-electron chi connectivity index (χ0n) is 13.2. The lowest BCUT2D eigenvalue weighted by Crippen LogP contribution is -2.46. The molecule has 0 saturated carbocycles. The number of nitrogens with zero attached hydrogens (tertiary/aromatic N) is 2. The van der Waals surface area contributed by atoms with Crippen molar-refractivity contribution in [2.75, 3.05) is 46.9 Å². The molecular formula is C14H31IN4O. The van der Waals surface area contributed by atoms with Gasteiger partial charge in [0.05, 0.1) is 0 Å². The van der Waals surface area contributed by atoms with Crippen molar-refractivity contribution in [1.29, 1.82) is 0 Å². The molecule has 1 unspecified atom stereocenters. The predicted octanol–water partition coefficient (Wildman–Crippen LogP) is 1.68. The molecule has 1 heterocycles. The second-order valence-corrected chi connectivity index (χ2v) is 5.03. The maximum Gasteiger partial charge on any atom is 0.191 e. The van der Waals surface area contributed by atoms with E-state index in [0.29, 0.717) is 6.04 Å². The molecule has 0 aromatic heterocycles. The van der Waals surface area contributed by atoms with E-state index >= 15 is 0 Å². The zero-order valence-corrected chi connectivity index (χ0v) is 15.5. The Morgan fingerprint density at radius 1 is 1.30 bits per heavy atom. The minimum Gasteiger partial charge on any atom is -0.385 e. The van der Waals surface area contributed by atoms with Crippen LogP contribution in [-0.2, 0) is 4.74 Å². The fraction of sp³-hybridized carbons (Fsp3) is 0.929. The number of ether oxygens (including phenoxy) is 1. The average Bonchev–Trinajstić information content (AvgIpc) is 2.96. The van der Waals surface area contributed by atoms with Crippen molar-refractivity contribution in [2.24, 2.45) is 4.99 Å². The summed E-state index contributed by atoms with van der Waals surface area (Å²) in [5.41, 5.74) is 0. The predicted molar refractivity (Wildman–Crippen MR) is 96.2 cm³/mol. The molecule has 1 fully saturated rings. The summed E-state index contributed by atoms with van der Waals surface area (Å²) >= 11 is 0. The third-order valence-electron chi connectivity index (χ3n) is 3.67. The Kier molecular flexibility index (Phi) is 12.6. The molecule has 0 aliphatic carbocycles. The monoisotopic (exact) mass is 398 g/mol. The summed E-state index contributed by atoms with van der Waals surface area (Å²) < 4.78 is 5.03. The molecule has 2 N–H and O–H groups in total. The van der Waals surface area contributed by atoms with Gasteiger partial charge in [-0.1, -0.05) is 6.92 Å². The minimum absolute atomic E-state index is 0. The minimum atomic E-state index is 0. The number of hydrogen-bond acceptors (Lipinski definition) is 3. The van der Waals surface area contributed by atoms with Gasteiger partial charge < -0.3 is 15.4 Å². The number of aliphatic imine (C=N–C) groups is 1. The molecule has 120 valence electrons. The first-order chi connectivity index (χ1) is 9.31. The molecular weight excluding hydrogens is 367 g/mol. The van der Waals surface area contributed by atoms with Crippen molar-refractivity contribution in [2.45, 2.75) is 38.6 Å². The van der Waals surface area contributed by atoms with E-state index in [1.807, 2.05) is 7.05 Å². The number of hydrogen-bond donors (Lipinski definition) is 2. The van der Waals surface area contributed by atoms with Gasteiger partial charge >= 0.3 is 0 Å². The van der Waals surface area contributed by atoms with Gasteiger partial charge in [0, 0.05) is 39.9 Å². The van der Waals surface area contributed by atoms with Gasteiger partial charge in [0.1, 0.15) is 0 Å². The van der Waals surface area contributed by atoms with Gasteiger partial charge in [0.15, 0.2) is 5.96 Å². The van der Waals surface area contributed by atoms with E-state index in [1.54, 1.807) is 7.11 Å². The van der Waals surface area contributed by atoms with Gasteiger partial charge in [-0.2, -0.15) is 0 Å². The maximum atomic E-state index is 5.03. The number of guanidine groups is 1. The lowest BCUT2D eigenvalue weighted by molar-refractivity contribution is 0.195. The highest BCUT2D eigenvalue weighted by Gasteiger charge is 2.20. The standard InChI is InChI=1S/C14H30N4O.HI/c1-4-13(18-9-5-6-10-18)12-17-14(15-2)16-8-7-11-19-3;/h13H,4-12H2,1-3H3,(H2,15,16,17);1H. The number of halogens is 1. The maximum absolute atomic E-state index is 5.03. The molecule has 1 rings (SSSR count). The second-order valence-electron chi connectivity index (χ2n) is 5.03. The third kappa shape index (κ3) is 7.64. The van der Waals surface area contributed by atoms with Crippen molar-refractivity contribution in [3.63, 3.8) is 0 Å². The summed E-state index contributed by atoms with van der Waals surface area (Å²) in [6.45, 7) is 7.42. The average molecular weight is 398 g/mol. The van der Waals surface area contributed by atoms with Crippen LogP contribution >= 0.6 is 24.0 Å². The molecule has 0 radical (unpaired) electrons. The molecule has 1 aliphatic heterocycles. The van der Waals surface area contributed by atoms with Gasteiger partial charge in [-0.25, -0.2) is 0 Å². The number of methoxy groups -OCH3 is 1. The summed E-state index contributed by atoms with van der Waals surface area (Å²) in [6, 6.07) is 0.625. The van der Waals surface area contributed by atoms with E-state index < -0.39 is 0 Å². The van der Waals surface area contributed by atoms with E-state index in [1.165, 1.54) is 32.4 Å². The Balaban J connectivity index is 0.00000361. The lowest BCUT2D eigenvalue weighted by Gasteiger charge is -2.27. The van der Waals surface area contributed by atoms with Crippen LogP contribution in [0.3, 0.4) is 0 Å². The Hall–Kier alpha value is -0.0800. The fourth-order valence-corrected chi connectivity index (χ4v) is 2.50. The van der Waals surface area contributed by atoms with E-state index in [2.05, 4.69) is 27.4 Å². The summed E-state index contributed by atoms with van der Waals surface area (Å²) in [5.74, 6) is 0.897. The van der Waals surface area contributed by atoms with Crippen LogP contribution in [-0.4, -0.2) is 63.8 Å². The van der Waals surface area contributed by atoms with E-state index in [4.69, 9.17) is 4.74 Å². The number of rotatable bonds is 8. The Labute approximate surface area is 140 Å². The molecule has 1 aliphatic rings. The molecule has 0 aromatic carbocycles. The van der Waals surface area contributed by atoms with Gasteiger partial charge in [0.25, 0.3) is 0 Å². The van der Waals surface area contributed by atoms with Crippen LogP contribution < -0.4 is 10.6 Å². The van der Waals surface area contributed by atoms with Crippen molar-refractivity contribution in [1.82, 2.24) is 15.5 Å². The van der Waals surface area contributed by atoms with Crippen LogP contribution in [0.4, 0.5) is 0 Å². The molecule has 0 amide bonds. The Morgan fingerprint density at radius 3 is 2.55 bits per heavy atom.